The number of aromatic carboxylic acids is 1. The zero-order valence-corrected chi connectivity index (χ0v) is 18.7. The highest BCUT2D eigenvalue weighted by Crippen LogP contribution is 2.40. The van der Waals surface area contributed by atoms with Crippen molar-refractivity contribution in [2.45, 2.75) is 25.3 Å². The Morgan fingerprint density at radius 1 is 0.935 bits per heavy atom. The summed E-state index contributed by atoms with van der Waals surface area (Å²) in [6, 6.07) is 20.9. The van der Waals surface area contributed by atoms with E-state index in [0.29, 0.717) is 5.00 Å². The van der Waals surface area contributed by atoms with Gasteiger partial charge in [-0.3, -0.25) is 4.31 Å². The molecule has 1 aromatic heterocycles. The quantitative estimate of drug-likeness (QED) is 0.413. The van der Waals surface area contributed by atoms with Gasteiger partial charge in [-0.2, -0.15) is 0 Å². The zero-order chi connectivity index (χ0) is 22.2. The lowest BCUT2D eigenvalue weighted by Crippen LogP contribution is -2.30. The molecule has 31 heavy (non-hydrogen) atoms. The normalized spacial score (nSPS) is 11.5. The monoisotopic (exact) mass is 451 g/mol. The van der Waals surface area contributed by atoms with E-state index in [-0.39, 0.29) is 17.0 Å². The number of carbonyl (C=O) groups is 1. The van der Waals surface area contributed by atoms with Crippen LogP contribution >= 0.6 is 11.3 Å². The molecule has 0 atom stereocenters. The van der Waals surface area contributed by atoms with Gasteiger partial charge in [-0.1, -0.05) is 48.0 Å². The van der Waals surface area contributed by atoms with Crippen molar-refractivity contribution in [3.05, 3.63) is 95.1 Å². The molecule has 4 rings (SSSR count). The number of carboxylic acids is 1. The maximum absolute atomic E-state index is 13.7. The van der Waals surface area contributed by atoms with Gasteiger partial charge in [0.1, 0.15) is 5.00 Å². The number of fused-ring (bicyclic) bond motifs is 1. The molecule has 0 spiro atoms. The number of rotatable bonds is 6. The third-order valence-electron chi connectivity index (χ3n) is 5.18. The summed E-state index contributed by atoms with van der Waals surface area (Å²) in [5.41, 5.74) is 2.91. The maximum Gasteiger partial charge on any atom is 0.335 e. The second-order valence-corrected chi connectivity index (χ2v) is 10.2. The van der Waals surface area contributed by atoms with Gasteiger partial charge in [-0.05, 0) is 60.7 Å². The van der Waals surface area contributed by atoms with Gasteiger partial charge in [-0.25, -0.2) is 13.2 Å². The molecule has 0 aliphatic rings. The first-order chi connectivity index (χ1) is 14.8. The third kappa shape index (κ3) is 4.06. The van der Waals surface area contributed by atoms with Crippen LogP contribution in [0.15, 0.2) is 77.7 Å². The Morgan fingerprint density at radius 2 is 1.58 bits per heavy atom. The van der Waals surface area contributed by atoms with Gasteiger partial charge < -0.3 is 5.11 Å². The Morgan fingerprint density at radius 3 is 2.19 bits per heavy atom. The van der Waals surface area contributed by atoms with E-state index in [0.717, 1.165) is 26.8 Å². The highest BCUT2D eigenvalue weighted by Gasteiger charge is 2.29. The molecule has 3 aromatic carbocycles. The summed E-state index contributed by atoms with van der Waals surface area (Å²) in [4.78, 5) is 11.2. The van der Waals surface area contributed by atoms with Crippen LogP contribution in [-0.4, -0.2) is 19.5 Å². The summed E-state index contributed by atoms with van der Waals surface area (Å²) in [5, 5.41) is 10.8. The number of hydrogen-bond donors (Lipinski definition) is 1. The van der Waals surface area contributed by atoms with Crippen LogP contribution in [-0.2, 0) is 16.6 Å². The van der Waals surface area contributed by atoms with Crippen molar-refractivity contribution in [2.24, 2.45) is 0 Å². The molecule has 0 unspecified atom stereocenters. The Hall–Kier alpha value is -3.16. The van der Waals surface area contributed by atoms with Crippen LogP contribution in [0, 0.1) is 13.8 Å². The first-order valence-electron chi connectivity index (χ1n) is 9.67. The zero-order valence-electron chi connectivity index (χ0n) is 17.1. The van der Waals surface area contributed by atoms with Gasteiger partial charge >= 0.3 is 5.97 Å². The summed E-state index contributed by atoms with van der Waals surface area (Å²) in [7, 11) is -3.92. The lowest BCUT2D eigenvalue weighted by Gasteiger charge is -2.24. The molecule has 0 amide bonds. The average molecular weight is 452 g/mol. The standard InChI is InChI=1S/C24H21NO4S2/c1-16-7-9-18(10-8-16)15-25(23-17(2)21-5-3-4-6-22(21)30-23)31(28,29)20-13-11-19(12-14-20)24(26)27/h3-14H,15H2,1-2H3,(H,26,27). The van der Waals surface area contributed by atoms with Crippen molar-refractivity contribution in [2.75, 3.05) is 4.31 Å². The van der Waals surface area contributed by atoms with Gasteiger partial charge in [0, 0.05) is 4.70 Å². The maximum atomic E-state index is 13.7. The number of anilines is 1. The predicted octanol–water partition coefficient (Wildman–Crippen LogP) is 5.61. The Balaban J connectivity index is 1.85. The van der Waals surface area contributed by atoms with Crippen LogP contribution in [0.25, 0.3) is 10.1 Å². The second-order valence-electron chi connectivity index (χ2n) is 7.36. The van der Waals surface area contributed by atoms with Gasteiger partial charge in [0.05, 0.1) is 17.0 Å². The molecule has 0 bridgehead atoms. The van der Waals surface area contributed by atoms with Crippen LogP contribution in [0.2, 0.25) is 0 Å². The minimum absolute atomic E-state index is 0.0436. The SMILES string of the molecule is Cc1ccc(CN(c2sc3ccccc3c2C)S(=O)(=O)c2ccc(C(=O)O)cc2)cc1. The summed E-state index contributed by atoms with van der Waals surface area (Å²) >= 11 is 1.44. The van der Waals surface area contributed by atoms with Gasteiger partial charge in [0.2, 0.25) is 0 Å². The fourth-order valence-electron chi connectivity index (χ4n) is 3.42. The molecular formula is C24H21NO4S2. The van der Waals surface area contributed by atoms with Crippen molar-refractivity contribution in [3.8, 4) is 0 Å². The molecule has 5 nitrogen and oxygen atoms in total. The minimum Gasteiger partial charge on any atom is -0.478 e. The summed E-state index contributed by atoms with van der Waals surface area (Å²) < 4.78 is 29.8. The fourth-order valence-corrected chi connectivity index (χ4v) is 6.35. The van der Waals surface area contributed by atoms with Crippen molar-refractivity contribution in [1.29, 1.82) is 0 Å². The van der Waals surface area contributed by atoms with E-state index >= 15 is 0 Å². The smallest absolute Gasteiger partial charge is 0.335 e. The second kappa shape index (κ2) is 8.17. The molecule has 0 saturated carbocycles. The first-order valence-corrected chi connectivity index (χ1v) is 11.9. The first kappa shape index (κ1) is 21.1. The summed E-state index contributed by atoms with van der Waals surface area (Å²) in [6.07, 6.45) is 0. The highest BCUT2D eigenvalue weighted by atomic mass is 32.2. The largest absolute Gasteiger partial charge is 0.478 e. The lowest BCUT2D eigenvalue weighted by atomic mass is 10.1. The summed E-state index contributed by atoms with van der Waals surface area (Å²) in [6.45, 7) is 4.09. The molecule has 1 heterocycles. The van der Waals surface area contributed by atoms with Gasteiger partial charge in [0.25, 0.3) is 10.0 Å². The Kier molecular flexibility index (Phi) is 5.56. The molecule has 0 aliphatic heterocycles. The molecule has 0 saturated heterocycles. The van der Waals surface area contributed by atoms with Crippen LogP contribution in [0.1, 0.15) is 27.0 Å². The topological polar surface area (TPSA) is 74.7 Å². The average Bonchev–Trinajstić information content (AvgIpc) is 3.09. The Labute approximate surface area is 185 Å². The number of sulfonamides is 1. The lowest BCUT2D eigenvalue weighted by molar-refractivity contribution is 0.0696. The van der Waals surface area contributed by atoms with Crippen LogP contribution < -0.4 is 4.31 Å². The molecular weight excluding hydrogens is 430 g/mol. The number of hydrogen-bond acceptors (Lipinski definition) is 4. The van der Waals surface area contributed by atoms with Crippen molar-refractivity contribution in [1.82, 2.24) is 0 Å². The van der Waals surface area contributed by atoms with E-state index in [9.17, 15) is 13.2 Å². The molecule has 7 heteroatoms. The predicted molar refractivity (Wildman–Crippen MR) is 125 cm³/mol. The Bertz CT molecular complexity index is 1360. The van der Waals surface area contributed by atoms with Crippen molar-refractivity contribution in [3.63, 3.8) is 0 Å². The highest BCUT2D eigenvalue weighted by molar-refractivity contribution is 7.93. The molecule has 0 radical (unpaired) electrons. The van der Waals surface area contributed by atoms with Crippen molar-refractivity contribution < 1.29 is 18.3 Å². The number of carboxylic acid groups (broad SMARTS) is 1. The van der Waals surface area contributed by atoms with E-state index in [1.165, 1.54) is 39.9 Å². The molecule has 0 fully saturated rings. The minimum atomic E-state index is -3.92. The van der Waals surface area contributed by atoms with E-state index in [2.05, 4.69) is 0 Å². The summed E-state index contributed by atoms with van der Waals surface area (Å²) in [5.74, 6) is -1.10. The van der Waals surface area contributed by atoms with Crippen LogP contribution in [0.4, 0.5) is 5.00 Å². The molecule has 0 aliphatic carbocycles. The third-order valence-corrected chi connectivity index (χ3v) is 8.35. The van der Waals surface area contributed by atoms with E-state index < -0.39 is 16.0 Å². The van der Waals surface area contributed by atoms with Crippen molar-refractivity contribution >= 4 is 42.4 Å². The van der Waals surface area contributed by atoms with E-state index in [4.69, 9.17) is 5.11 Å². The molecule has 158 valence electrons. The number of aryl methyl sites for hydroxylation is 2. The van der Waals surface area contributed by atoms with Gasteiger partial charge in [0.15, 0.2) is 0 Å². The fraction of sp³-hybridized carbons (Fsp3) is 0.125. The number of benzene rings is 3. The van der Waals surface area contributed by atoms with Crippen LogP contribution in [0.5, 0.6) is 0 Å². The van der Waals surface area contributed by atoms with Gasteiger partial charge in [-0.15, -0.1) is 11.3 Å². The number of nitrogens with zero attached hydrogens (tertiary/aromatic N) is 1. The molecule has 4 aromatic rings. The van der Waals surface area contributed by atoms with E-state index in [1.807, 2.05) is 62.4 Å². The van der Waals surface area contributed by atoms with E-state index in [1.54, 1.807) is 0 Å². The number of thiophene rings is 1. The molecule has 1 N–H and O–H groups in total. The van der Waals surface area contributed by atoms with Crippen LogP contribution in [0.3, 0.4) is 0 Å².